The summed E-state index contributed by atoms with van der Waals surface area (Å²) in [5.74, 6) is 0.274. The molecule has 0 bridgehead atoms. The second-order valence-corrected chi connectivity index (χ2v) is 9.72. The Morgan fingerprint density at radius 2 is 1.70 bits per heavy atom. The first-order valence-corrected chi connectivity index (χ1v) is 11.2. The lowest BCUT2D eigenvalue weighted by molar-refractivity contribution is -0.132. The molecule has 4 nitrogen and oxygen atoms in total. The molecule has 0 N–H and O–H groups in total. The number of hydrogen-bond acceptors (Lipinski definition) is 4. The molecule has 150 valence electrons. The highest BCUT2D eigenvalue weighted by molar-refractivity contribution is 7.99. The van der Waals surface area contributed by atoms with Gasteiger partial charge >= 0.3 is 0 Å². The fourth-order valence-electron chi connectivity index (χ4n) is 4.20. The van der Waals surface area contributed by atoms with E-state index in [0.29, 0.717) is 23.8 Å². The van der Waals surface area contributed by atoms with Crippen LogP contribution in [0.25, 0.3) is 0 Å². The Hall–Kier alpha value is -1.04. The van der Waals surface area contributed by atoms with Crippen LogP contribution in [0, 0.1) is 0 Å². The Bertz CT molecular complexity index is 589. The summed E-state index contributed by atoms with van der Waals surface area (Å²) in [6.07, 6.45) is 5.45. The third kappa shape index (κ3) is 5.97. The molecule has 5 heteroatoms. The molecular weight excluding hydrogens is 356 g/mol. The van der Waals surface area contributed by atoms with Gasteiger partial charge in [-0.1, -0.05) is 26.0 Å². The lowest BCUT2D eigenvalue weighted by Gasteiger charge is -2.41. The zero-order valence-corrected chi connectivity index (χ0v) is 17.8. The van der Waals surface area contributed by atoms with E-state index in [1.165, 1.54) is 4.90 Å². The summed E-state index contributed by atoms with van der Waals surface area (Å²) in [5, 5.41) is 0.582. The molecular formula is C22H34N2O2S. The normalized spacial score (nSPS) is 20.4. The van der Waals surface area contributed by atoms with Crippen molar-refractivity contribution in [3.05, 3.63) is 29.8 Å². The van der Waals surface area contributed by atoms with Gasteiger partial charge in [-0.3, -0.25) is 4.79 Å². The molecule has 2 saturated heterocycles. The number of ether oxygens (including phenoxy) is 1. The molecule has 1 aromatic carbocycles. The number of rotatable bonds is 6. The van der Waals surface area contributed by atoms with E-state index in [1.54, 1.807) is 0 Å². The molecule has 2 aliphatic heterocycles. The number of amides is 1. The molecule has 2 fully saturated rings. The predicted molar refractivity (Wildman–Crippen MR) is 112 cm³/mol. The van der Waals surface area contributed by atoms with Crippen molar-refractivity contribution in [1.29, 1.82) is 0 Å². The molecule has 0 spiro atoms. The first-order chi connectivity index (χ1) is 13.0. The summed E-state index contributed by atoms with van der Waals surface area (Å²) in [6, 6.07) is 9.14. The Labute approximate surface area is 168 Å². The second-order valence-electron chi connectivity index (χ2n) is 8.07. The number of benzene rings is 1. The van der Waals surface area contributed by atoms with E-state index < -0.39 is 0 Å². The third-order valence-corrected chi connectivity index (χ3v) is 6.81. The maximum atomic E-state index is 12.7. The monoisotopic (exact) mass is 390 g/mol. The Kier molecular flexibility index (Phi) is 7.62. The van der Waals surface area contributed by atoms with E-state index in [1.807, 2.05) is 18.9 Å². The Balaban J connectivity index is 1.43. The van der Waals surface area contributed by atoms with Crippen LogP contribution in [-0.2, 0) is 16.0 Å². The van der Waals surface area contributed by atoms with Crippen LogP contribution >= 0.6 is 11.8 Å². The van der Waals surface area contributed by atoms with Gasteiger partial charge < -0.3 is 14.5 Å². The highest BCUT2D eigenvalue weighted by atomic mass is 32.2. The van der Waals surface area contributed by atoms with E-state index in [2.05, 4.69) is 47.9 Å². The van der Waals surface area contributed by atoms with Crippen LogP contribution in [-0.4, -0.2) is 66.4 Å². The van der Waals surface area contributed by atoms with Gasteiger partial charge in [0.2, 0.25) is 5.91 Å². The quantitative estimate of drug-likeness (QED) is 0.691. The van der Waals surface area contributed by atoms with E-state index in [0.717, 1.165) is 57.4 Å². The van der Waals surface area contributed by atoms with Crippen LogP contribution in [0.4, 0.5) is 0 Å². The largest absolute Gasteiger partial charge is 0.381 e. The van der Waals surface area contributed by atoms with E-state index in [-0.39, 0.29) is 5.91 Å². The van der Waals surface area contributed by atoms with Crippen LogP contribution < -0.4 is 0 Å². The van der Waals surface area contributed by atoms with E-state index in [9.17, 15) is 4.79 Å². The molecule has 3 rings (SSSR count). The van der Waals surface area contributed by atoms with Gasteiger partial charge in [0.1, 0.15) is 0 Å². The molecule has 0 saturated carbocycles. The van der Waals surface area contributed by atoms with Gasteiger partial charge in [0.05, 0.1) is 12.5 Å². The maximum absolute atomic E-state index is 12.7. The van der Waals surface area contributed by atoms with Crippen LogP contribution in [0.5, 0.6) is 0 Å². The molecule has 0 radical (unpaired) electrons. The molecule has 0 aliphatic carbocycles. The molecule has 0 unspecified atom stereocenters. The lowest BCUT2D eigenvalue weighted by atomic mass is 9.98. The highest BCUT2D eigenvalue weighted by Gasteiger charge is 2.29. The van der Waals surface area contributed by atoms with Crippen LogP contribution in [0.15, 0.2) is 29.2 Å². The molecule has 2 aliphatic rings. The van der Waals surface area contributed by atoms with Gasteiger partial charge in [-0.05, 0) is 43.4 Å². The average molecular weight is 391 g/mol. The summed E-state index contributed by atoms with van der Waals surface area (Å²) >= 11 is 1.86. The topological polar surface area (TPSA) is 32.8 Å². The minimum Gasteiger partial charge on any atom is -0.381 e. The molecule has 2 heterocycles. The number of hydrogen-bond donors (Lipinski definition) is 0. The van der Waals surface area contributed by atoms with Crippen LogP contribution in [0.2, 0.25) is 0 Å². The number of methoxy groups -OCH3 is 1. The van der Waals surface area contributed by atoms with Gasteiger partial charge in [0, 0.05) is 49.5 Å². The summed E-state index contributed by atoms with van der Waals surface area (Å²) < 4.78 is 5.48. The number of likely N-dealkylation sites (tertiary alicyclic amines) is 2. The van der Waals surface area contributed by atoms with Gasteiger partial charge in [0.15, 0.2) is 0 Å². The van der Waals surface area contributed by atoms with Crippen molar-refractivity contribution in [1.82, 2.24) is 9.80 Å². The van der Waals surface area contributed by atoms with Crippen molar-refractivity contribution in [2.24, 2.45) is 0 Å². The van der Waals surface area contributed by atoms with Gasteiger partial charge in [0.25, 0.3) is 0 Å². The van der Waals surface area contributed by atoms with Crippen molar-refractivity contribution < 1.29 is 9.53 Å². The smallest absolute Gasteiger partial charge is 0.226 e. The third-order valence-electron chi connectivity index (χ3n) is 5.79. The number of thioether (sulfide) groups is 1. The van der Waals surface area contributed by atoms with Crippen molar-refractivity contribution in [2.45, 2.75) is 68.2 Å². The SMILES string of the molecule is COC1CCN(C2CCN(C(=O)Cc3ccc(SC(C)C)cc3)CC2)CC1. The fraction of sp³-hybridized carbons (Fsp3) is 0.682. The highest BCUT2D eigenvalue weighted by Crippen LogP contribution is 2.24. The summed E-state index contributed by atoms with van der Waals surface area (Å²) in [6.45, 7) is 8.47. The van der Waals surface area contributed by atoms with Gasteiger partial charge in [-0.25, -0.2) is 0 Å². The lowest BCUT2D eigenvalue weighted by Crippen LogP contribution is -2.50. The van der Waals surface area contributed by atoms with E-state index >= 15 is 0 Å². The number of carbonyl (C=O) groups is 1. The first-order valence-electron chi connectivity index (χ1n) is 10.4. The number of piperidine rings is 2. The van der Waals surface area contributed by atoms with Crippen LogP contribution in [0.1, 0.15) is 45.1 Å². The fourth-order valence-corrected chi connectivity index (χ4v) is 5.04. The minimum atomic E-state index is 0.274. The molecule has 0 aromatic heterocycles. The number of nitrogens with zero attached hydrogens (tertiary/aromatic N) is 2. The van der Waals surface area contributed by atoms with E-state index in [4.69, 9.17) is 4.74 Å². The maximum Gasteiger partial charge on any atom is 0.226 e. The summed E-state index contributed by atoms with van der Waals surface area (Å²) in [4.78, 5) is 18.6. The van der Waals surface area contributed by atoms with Crippen molar-refractivity contribution in [3.8, 4) is 0 Å². The molecule has 1 amide bonds. The molecule has 0 atom stereocenters. The Morgan fingerprint density at radius 3 is 2.26 bits per heavy atom. The Morgan fingerprint density at radius 1 is 1.07 bits per heavy atom. The average Bonchev–Trinajstić information content (AvgIpc) is 2.69. The zero-order chi connectivity index (χ0) is 19.2. The predicted octanol–water partition coefficient (Wildman–Crippen LogP) is 3.83. The minimum absolute atomic E-state index is 0.274. The molecule has 1 aromatic rings. The van der Waals surface area contributed by atoms with Gasteiger partial charge in [-0.2, -0.15) is 0 Å². The van der Waals surface area contributed by atoms with Crippen molar-refractivity contribution in [2.75, 3.05) is 33.3 Å². The van der Waals surface area contributed by atoms with Crippen LogP contribution in [0.3, 0.4) is 0 Å². The first kappa shape index (κ1) is 20.7. The van der Waals surface area contributed by atoms with Crippen molar-refractivity contribution in [3.63, 3.8) is 0 Å². The second kappa shape index (κ2) is 9.94. The summed E-state index contributed by atoms with van der Waals surface area (Å²) in [7, 11) is 1.82. The zero-order valence-electron chi connectivity index (χ0n) is 17.0. The summed E-state index contributed by atoms with van der Waals surface area (Å²) in [5.41, 5.74) is 1.12. The standard InChI is InChI=1S/C22H34N2O2S/c1-17(2)27-21-6-4-18(5-7-21)16-22(25)24-12-8-19(9-13-24)23-14-10-20(26-3)11-15-23/h4-7,17,19-20H,8-16H2,1-3H3. The number of carbonyl (C=O) groups excluding carboxylic acids is 1. The molecule has 27 heavy (non-hydrogen) atoms. The van der Waals surface area contributed by atoms with Crippen molar-refractivity contribution >= 4 is 17.7 Å². The van der Waals surface area contributed by atoms with Gasteiger partial charge in [-0.15, -0.1) is 11.8 Å².